The van der Waals surface area contributed by atoms with Crippen molar-refractivity contribution in [3.05, 3.63) is 0 Å². The summed E-state index contributed by atoms with van der Waals surface area (Å²) in [4.78, 5) is 11.0. The summed E-state index contributed by atoms with van der Waals surface area (Å²) in [5.41, 5.74) is 0. The second kappa shape index (κ2) is 7.83. The molecule has 3 heteroatoms. The van der Waals surface area contributed by atoms with Gasteiger partial charge in [-0.1, -0.05) is 42.4 Å². The van der Waals surface area contributed by atoms with Crippen LogP contribution in [0, 0.1) is 0 Å². The van der Waals surface area contributed by atoms with E-state index in [1.807, 2.05) is 6.92 Å². The number of carbonyl (C=O) groups is 1. The Morgan fingerprint density at radius 3 is 2.75 bits per heavy atom. The Morgan fingerprint density at radius 1 is 1.58 bits per heavy atom. The van der Waals surface area contributed by atoms with E-state index in [1.165, 1.54) is 0 Å². The number of esters is 1. The van der Waals surface area contributed by atoms with Crippen LogP contribution in [-0.4, -0.2) is 16.5 Å². The number of rotatable bonds is 6. The molecule has 0 N–H and O–H groups in total. The smallest absolute Gasteiger partial charge is 0.306 e. The van der Waals surface area contributed by atoms with Gasteiger partial charge in [0.25, 0.3) is 0 Å². The summed E-state index contributed by atoms with van der Waals surface area (Å²) in [6, 6.07) is 0. The highest BCUT2D eigenvalue weighted by Crippen LogP contribution is 2.05. The van der Waals surface area contributed by atoms with Gasteiger partial charge in [-0.3, -0.25) is 4.79 Å². The molecule has 0 bridgehead atoms. The van der Waals surface area contributed by atoms with Crippen LogP contribution < -0.4 is 0 Å². The normalized spacial score (nSPS) is 12.6. The Labute approximate surface area is 88.2 Å². The molecule has 0 radical (unpaired) electrons. The summed E-state index contributed by atoms with van der Waals surface area (Å²) in [6.45, 7) is 4.10. The lowest BCUT2D eigenvalue weighted by Gasteiger charge is -2.11. The van der Waals surface area contributed by atoms with E-state index in [1.54, 1.807) is 0 Å². The number of hydrogen-bond donors (Lipinski definition) is 0. The quantitative estimate of drug-likeness (QED) is 0.426. The number of halogens is 1. The summed E-state index contributed by atoms with van der Waals surface area (Å²) >= 11 is 2.18. The third-order valence-corrected chi connectivity index (χ3v) is 2.13. The summed E-state index contributed by atoms with van der Waals surface area (Å²) in [7, 11) is 0. The molecule has 0 rings (SSSR count). The Balaban J connectivity index is 3.40. The Hall–Kier alpha value is 0.200. The van der Waals surface area contributed by atoms with Gasteiger partial charge in [-0.2, -0.15) is 0 Å². The van der Waals surface area contributed by atoms with E-state index in [4.69, 9.17) is 4.74 Å². The number of hydrogen-bond acceptors (Lipinski definition) is 2. The molecule has 1 unspecified atom stereocenters. The van der Waals surface area contributed by atoms with E-state index in [9.17, 15) is 4.79 Å². The van der Waals surface area contributed by atoms with E-state index in [0.29, 0.717) is 6.42 Å². The average molecular weight is 284 g/mol. The molecule has 0 amide bonds. The zero-order chi connectivity index (χ0) is 9.40. The van der Waals surface area contributed by atoms with Gasteiger partial charge >= 0.3 is 5.97 Å². The van der Waals surface area contributed by atoms with Crippen LogP contribution >= 0.6 is 22.6 Å². The Morgan fingerprint density at radius 2 is 2.25 bits per heavy atom. The van der Waals surface area contributed by atoms with Crippen LogP contribution in [0.3, 0.4) is 0 Å². The lowest BCUT2D eigenvalue weighted by Crippen LogP contribution is -2.14. The van der Waals surface area contributed by atoms with Crippen molar-refractivity contribution in [1.82, 2.24) is 0 Å². The summed E-state index contributed by atoms with van der Waals surface area (Å²) in [5, 5.41) is 0. The van der Waals surface area contributed by atoms with Crippen LogP contribution in [0.1, 0.15) is 39.5 Å². The van der Waals surface area contributed by atoms with Gasteiger partial charge in [0.15, 0.2) is 0 Å². The fraction of sp³-hybridized carbons (Fsp3) is 0.889. The van der Waals surface area contributed by atoms with Gasteiger partial charge < -0.3 is 4.74 Å². The molecule has 0 fully saturated rings. The minimum atomic E-state index is -0.0620. The lowest BCUT2D eigenvalue weighted by atomic mass is 10.2. The van der Waals surface area contributed by atoms with Gasteiger partial charge in [0, 0.05) is 4.43 Å². The predicted molar refractivity (Wildman–Crippen MR) is 58.6 cm³/mol. The van der Waals surface area contributed by atoms with E-state index >= 15 is 0 Å². The largest absolute Gasteiger partial charge is 0.463 e. The maximum atomic E-state index is 11.0. The summed E-state index contributed by atoms with van der Waals surface area (Å²) in [6.07, 6.45) is 3.92. The number of alkyl halides is 1. The molecule has 0 aliphatic heterocycles. The minimum Gasteiger partial charge on any atom is -0.463 e. The third kappa shape index (κ3) is 6.88. The zero-order valence-electron chi connectivity index (χ0n) is 7.81. The van der Waals surface area contributed by atoms with Gasteiger partial charge in [0.1, 0.15) is 0 Å². The predicted octanol–water partition coefficient (Wildman–Crippen LogP) is 2.93. The maximum absolute atomic E-state index is 11.0. The van der Waals surface area contributed by atoms with Crippen LogP contribution in [0.5, 0.6) is 0 Å². The first kappa shape index (κ1) is 12.2. The van der Waals surface area contributed by atoms with Crippen molar-refractivity contribution in [3.63, 3.8) is 0 Å². The molecule has 0 heterocycles. The summed E-state index contributed by atoms with van der Waals surface area (Å²) in [5.74, 6) is -0.0620. The number of unbranched alkanes of at least 4 members (excludes halogenated alkanes) is 1. The fourth-order valence-corrected chi connectivity index (χ4v) is 1.35. The second-order valence-electron chi connectivity index (χ2n) is 2.88. The zero-order valence-corrected chi connectivity index (χ0v) is 9.96. The molecule has 0 aliphatic carbocycles. The van der Waals surface area contributed by atoms with E-state index in [-0.39, 0.29) is 12.1 Å². The molecule has 0 saturated heterocycles. The molecule has 12 heavy (non-hydrogen) atoms. The average Bonchev–Trinajstić information content (AvgIpc) is 2.01. The van der Waals surface area contributed by atoms with Crippen LogP contribution in [0.4, 0.5) is 0 Å². The minimum absolute atomic E-state index is 0.0620. The molecule has 0 aromatic rings. The van der Waals surface area contributed by atoms with Gasteiger partial charge in [0.05, 0.1) is 12.5 Å². The fourth-order valence-electron chi connectivity index (χ4n) is 0.911. The van der Waals surface area contributed by atoms with Crippen LogP contribution in [0.2, 0.25) is 0 Å². The van der Waals surface area contributed by atoms with Gasteiger partial charge in [-0.05, 0) is 13.3 Å². The number of carbonyl (C=O) groups excluding carboxylic acids is 1. The first-order valence-electron chi connectivity index (χ1n) is 4.46. The van der Waals surface area contributed by atoms with Crippen molar-refractivity contribution in [1.29, 1.82) is 0 Å². The van der Waals surface area contributed by atoms with Crippen LogP contribution in [0.15, 0.2) is 0 Å². The monoisotopic (exact) mass is 284 g/mol. The van der Waals surface area contributed by atoms with E-state index in [0.717, 1.165) is 23.7 Å². The van der Waals surface area contributed by atoms with E-state index in [2.05, 4.69) is 29.5 Å². The van der Waals surface area contributed by atoms with Crippen molar-refractivity contribution < 1.29 is 9.53 Å². The molecule has 1 atom stereocenters. The molecule has 0 aromatic heterocycles. The third-order valence-electron chi connectivity index (χ3n) is 1.60. The first-order chi connectivity index (χ1) is 5.70. The van der Waals surface area contributed by atoms with E-state index < -0.39 is 0 Å². The molecule has 2 nitrogen and oxygen atoms in total. The standard InChI is InChI=1S/C9H17IO2/c1-3-4-5-8(2)12-9(11)6-7-10/h8H,3-7H2,1-2H3. The topological polar surface area (TPSA) is 26.3 Å². The SMILES string of the molecule is CCCCC(C)OC(=O)CCI. The molecular weight excluding hydrogens is 267 g/mol. The highest BCUT2D eigenvalue weighted by atomic mass is 127. The highest BCUT2D eigenvalue weighted by Gasteiger charge is 2.07. The van der Waals surface area contributed by atoms with Crippen molar-refractivity contribution >= 4 is 28.6 Å². The molecule has 72 valence electrons. The molecule has 0 aromatic carbocycles. The van der Waals surface area contributed by atoms with Crippen LogP contribution in [-0.2, 0) is 9.53 Å². The van der Waals surface area contributed by atoms with Gasteiger partial charge in [0.2, 0.25) is 0 Å². The highest BCUT2D eigenvalue weighted by molar-refractivity contribution is 14.1. The molecule has 0 saturated carbocycles. The van der Waals surface area contributed by atoms with Crippen molar-refractivity contribution in [2.24, 2.45) is 0 Å². The van der Waals surface area contributed by atoms with Gasteiger partial charge in [-0.25, -0.2) is 0 Å². The molecule has 0 aliphatic rings. The first-order valence-corrected chi connectivity index (χ1v) is 5.98. The lowest BCUT2D eigenvalue weighted by molar-refractivity contribution is -0.147. The molecular formula is C9H17IO2. The van der Waals surface area contributed by atoms with Crippen molar-refractivity contribution in [2.75, 3.05) is 4.43 Å². The van der Waals surface area contributed by atoms with Crippen molar-refractivity contribution in [3.8, 4) is 0 Å². The Bertz CT molecular complexity index is 126. The van der Waals surface area contributed by atoms with Crippen LogP contribution in [0.25, 0.3) is 0 Å². The van der Waals surface area contributed by atoms with Gasteiger partial charge in [-0.15, -0.1) is 0 Å². The summed E-state index contributed by atoms with van der Waals surface area (Å²) < 4.78 is 5.99. The molecule has 0 spiro atoms. The maximum Gasteiger partial charge on any atom is 0.306 e. The second-order valence-corrected chi connectivity index (χ2v) is 3.96. The number of ether oxygens (including phenoxy) is 1. The van der Waals surface area contributed by atoms with Crippen molar-refractivity contribution in [2.45, 2.75) is 45.6 Å². The Kier molecular flexibility index (Phi) is 7.96.